The third-order valence-electron chi connectivity index (χ3n) is 4.69. The van der Waals surface area contributed by atoms with Gasteiger partial charge in [0.25, 0.3) is 0 Å². The Balaban J connectivity index is 1.68. The second kappa shape index (κ2) is 5.40. The van der Waals surface area contributed by atoms with Gasteiger partial charge >= 0.3 is 6.18 Å². The van der Waals surface area contributed by atoms with Gasteiger partial charge < -0.3 is 5.32 Å². The maximum atomic E-state index is 12.5. The lowest BCUT2D eigenvalue weighted by Crippen LogP contribution is -2.39. The standard InChI is InChI=1S/C14H24F3N/c1-2-7-13(8-9-13)10-18-12-5-3-11(4-6-12)14(15,16)17/h11-12,18H,2-10H2,1H3. The van der Waals surface area contributed by atoms with E-state index in [-0.39, 0.29) is 0 Å². The zero-order chi connectivity index (χ0) is 13.2. The Morgan fingerprint density at radius 1 is 1.11 bits per heavy atom. The molecular weight excluding hydrogens is 239 g/mol. The molecule has 0 radical (unpaired) electrons. The predicted octanol–water partition coefficient (Wildman–Crippen LogP) is 4.28. The minimum Gasteiger partial charge on any atom is -0.313 e. The van der Waals surface area contributed by atoms with E-state index in [1.807, 2.05) is 0 Å². The van der Waals surface area contributed by atoms with E-state index < -0.39 is 12.1 Å². The molecule has 0 aliphatic heterocycles. The topological polar surface area (TPSA) is 12.0 Å². The van der Waals surface area contributed by atoms with E-state index in [1.54, 1.807) is 0 Å². The van der Waals surface area contributed by atoms with Crippen LogP contribution in [0.2, 0.25) is 0 Å². The molecule has 1 nitrogen and oxygen atoms in total. The van der Waals surface area contributed by atoms with Crippen LogP contribution in [0.25, 0.3) is 0 Å². The highest BCUT2D eigenvalue weighted by atomic mass is 19.4. The van der Waals surface area contributed by atoms with Gasteiger partial charge in [-0.1, -0.05) is 13.3 Å². The molecule has 2 fully saturated rings. The fourth-order valence-corrected chi connectivity index (χ4v) is 3.21. The highest BCUT2D eigenvalue weighted by Crippen LogP contribution is 2.49. The van der Waals surface area contributed by atoms with Crippen molar-refractivity contribution < 1.29 is 13.2 Å². The largest absolute Gasteiger partial charge is 0.391 e. The first-order chi connectivity index (χ1) is 8.45. The second-order valence-electron chi connectivity index (χ2n) is 6.22. The van der Waals surface area contributed by atoms with E-state index in [1.165, 1.54) is 25.7 Å². The Bertz CT molecular complexity index is 263. The van der Waals surface area contributed by atoms with Crippen molar-refractivity contribution in [2.24, 2.45) is 11.3 Å². The molecule has 0 aromatic carbocycles. The van der Waals surface area contributed by atoms with Gasteiger partial charge in [-0.25, -0.2) is 0 Å². The molecule has 0 spiro atoms. The molecule has 106 valence electrons. The second-order valence-corrected chi connectivity index (χ2v) is 6.22. The van der Waals surface area contributed by atoms with Gasteiger partial charge in [0.05, 0.1) is 5.92 Å². The fraction of sp³-hybridized carbons (Fsp3) is 1.00. The number of nitrogens with one attached hydrogen (secondary N) is 1. The Hall–Kier alpha value is -0.250. The van der Waals surface area contributed by atoms with Crippen molar-refractivity contribution in [2.75, 3.05) is 6.54 Å². The molecule has 18 heavy (non-hydrogen) atoms. The van der Waals surface area contributed by atoms with E-state index in [0.717, 1.165) is 6.54 Å². The molecule has 0 atom stereocenters. The van der Waals surface area contributed by atoms with E-state index in [4.69, 9.17) is 0 Å². The number of halogens is 3. The van der Waals surface area contributed by atoms with Gasteiger partial charge in [0.1, 0.15) is 0 Å². The predicted molar refractivity (Wildman–Crippen MR) is 66.4 cm³/mol. The summed E-state index contributed by atoms with van der Waals surface area (Å²) in [6, 6.07) is 0.318. The van der Waals surface area contributed by atoms with Gasteiger partial charge in [0.2, 0.25) is 0 Å². The van der Waals surface area contributed by atoms with Crippen molar-refractivity contribution in [1.82, 2.24) is 5.32 Å². The molecule has 0 saturated heterocycles. The first kappa shape index (κ1) is 14.2. The third kappa shape index (κ3) is 3.62. The summed E-state index contributed by atoms with van der Waals surface area (Å²) < 4.78 is 37.6. The van der Waals surface area contributed by atoms with E-state index >= 15 is 0 Å². The first-order valence-corrected chi connectivity index (χ1v) is 7.25. The van der Waals surface area contributed by atoms with Crippen molar-refractivity contribution in [1.29, 1.82) is 0 Å². The summed E-state index contributed by atoms with van der Waals surface area (Å²) in [5, 5.41) is 3.51. The average Bonchev–Trinajstić information content (AvgIpc) is 3.07. The molecule has 2 saturated carbocycles. The van der Waals surface area contributed by atoms with Crippen molar-refractivity contribution in [3.8, 4) is 0 Å². The van der Waals surface area contributed by atoms with E-state index in [0.29, 0.717) is 37.1 Å². The molecule has 2 aliphatic carbocycles. The lowest BCUT2D eigenvalue weighted by Gasteiger charge is -2.31. The summed E-state index contributed by atoms with van der Waals surface area (Å²) in [6.07, 6.45) is 3.07. The Kier molecular flexibility index (Phi) is 4.25. The van der Waals surface area contributed by atoms with Crippen LogP contribution in [0.1, 0.15) is 58.3 Å². The summed E-state index contributed by atoms with van der Waals surface area (Å²) in [5.74, 6) is -1.05. The molecule has 0 aromatic rings. The van der Waals surface area contributed by atoms with Gasteiger partial charge in [0.15, 0.2) is 0 Å². The molecule has 0 amide bonds. The molecule has 1 N–H and O–H groups in total. The van der Waals surface area contributed by atoms with Gasteiger partial charge in [-0.05, 0) is 50.4 Å². The highest BCUT2D eigenvalue weighted by Gasteiger charge is 2.43. The number of hydrogen-bond acceptors (Lipinski definition) is 1. The van der Waals surface area contributed by atoms with Crippen molar-refractivity contribution in [3.63, 3.8) is 0 Å². The molecular formula is C14H24F3N. The SMILES string of the molecule is CCCC1(CNC2CCC(C(F)(F)F)CC2)CC1. The normalized spacial score (nSPS) is 31.3. The number of rotatable bonds is 5. The quantitative estimate of drug-likeness (QED) is 0.780. The molecule has 0 heterocycles. The minimum absolute atomic E-state index is 0.307. The highest BCUT2D eigenvalue weighted by molar-refractivity contribution is 4.95. The van der Waals surface area contributed by atoms with Crippen LogP contribution in [0.15, 0.2) is 0 Å². The monoisotopic (exact) mass is 263 g/mol. The lowest BCUT2D eigenvalue weighted by molar-refractivity contribution is -0.182. The van der Waals surface area contributed by atoms with Crippen LogP contribution >= 0.6 is 0 Å². The lowest BCUT2D eigenvalue weighted by atomic mass is 9.85. The van der Waals surface area contributed by atoms with Gasteiger partial charge in [0, 0.05) is 12.6 Å². The van der Waals surface area contributed by atoms with Crippen molar-refractivity contribution >= 4 is 0 Å². The zero-order valence-corrected chi connectivity index (χ0v) is 11.2. The summed E-state index contributed by atoms with van der Waals surface area (Å²) >= 11 is 0. The summed E-state index contributed by atoms with van der Waals surface area (Å²) in [5.41, 5.74) is 0.496. The first-order valence-electron chi connectivity index (χ1n) is 7.25. The van der Waals surface area contributed by atoms with Crippen LogP contribution in [0.5, 0.6) is 0 Å². The molecule has 0 unspecified atom stereocenters. The third-order valence-corrected chi connectivity index (χ3v) is 4.69. The van der Waals surface area contributed by atoms with E-state index in [9.17, 15) is 13.2 Å². The minimum atomic E-state index is -3.98. The maximum Gasteiger partial charge on any atom is 0.391 e. The van der Waals surface area contributed by atoms with Crippen LogP contribution in [-0.4, -0.2) is 18.8 Å². The average molecular weight is 263 g/mol. The molecule has 2 aliphatic rings. The molecule has 4 heteroatoms. The van der Waals surface area contributed by atoms with Gasteiger partial charge in [-0.15, -0.1) is 0 Å². The zero-order valence-electron chi connectivity index (χ0n) is 11.2. The van der Waals surface area contributed by atoms with Crippen LogP contribution in [0.3, 0.4) is 0 Å². The molecule has 0 aromatic heterocycles. The Labute approximate surface area is 108 Å². The van der Waals surface area contributed by atoms with Gasteiger partial charge in [-0.3, -0.25) is 0 Å². The summed E-state index contributed by atoms with van der Waals surface area (Å²) in [6.45, 7) is 3.22. The van der Waals surface area contributed by atoms with Gasteiger partial charge in [-0.2, -0.15) is 13.2 Å². The van der Waals surface area contributed by atoms with Crippen LogP contribution in [0, 0.1) is 11.3 Å². The fourth-order valence-electron chi connectivity index (χ4n) is 3.21. The number of hydrogen-bond donors (Lipinski definition) is 1. The van der Waals surface area contributed by atoms with E-state index in [2.05, 4.69) is 12.2 Å². The summed E-state index contributed by atoms with van der Waals surface area (Å²) in [7, 11) is 0. The Morgan fingerprint density at radius 2 is 1.72 bits per heavy atom. The molecule has 0 bridgehead atoms. The Morgan fingerprint density at radius 3 is 2.17 bits per heavy atom. The molecule has 2 rings (SSSR count). The summed E-state index contributed by atoms with van der Waals surface area (Å²) in [4.78, 5) is 0. The smallest absolute Gasteiger partial charge is 0.313 e. The van der Waals surface area contributed by atoms with Crippen molar-refractivity contribution in [2.45, 2.75) is 70.5 Å². The van der Waals surface area contributed by atoms with Crippen molar-refractivity contribution in [3.05, 3.63) is 0 Å². The number of alkyl halides is 3. The maximum absolute atomic E-state index is 12.5. The van der Waals surface area contributed by atoms with Crippen LogP contribution < -0.4 is 5.32 Å². The van der Waals surface area contributed by atoms with Crippen LogP contribution in [0.4, 0.5) is 13.2 Å². The van der Waals surface area contributed by atoms with Crippen LogP contribution in [-0.2, 0) is 0 Å².